The van der Waals surface area contributed by atoms with Crippen LogP contribution < -0.4 is 5.32 Å². The largest absolute Gasteiger partial charge is 0.0767 e. The Hall–Kier alpha value is -2.18. The van der Waals surface area contributed by atoms with Crippen LogP contribution in [0.2, 0.25) is 0 Å². The van der Waals surface area contributed by atoms with E-state index >= 15 is 0 Å². The maximum Gasteiger partial charge on any atom is 0.00506 e. The smallest absolute Gasteiger partial charge is 0.00506 e. The minimum absolute atomic E-state index is 0. The van der Waals surface area contributed by atoms with Crippen molar-refractivity contribution in [1.82, 2.24) is 5.32 Å². The van der Waals surface area contributed by atoms with Crippen LogP contribution >= 0.6 is 0 Å². The Kier molecular flexibility index (Phi) is 20.2. The monoisotopic (exact) mass is 405 g/mol. The Bertz CT molecular complexity index is 619. The van der Waals surface area contributed by atoms with Crippen LogP contribution in [0, 0.1) is 19.7 Å². The van der Waals surface area contributed by atoms with Gasteiger partial charge in [0.05, 0.1) is 0 Å². The summed E-state index contributed by atoms with van der Waals surface area (Å²) < 4.78 is 15.0. The second-order valence-electron chi connectivity index (χ2n) is 5.49. The molecule has 0 spiro atoms. The van der Waals surface area contributed by atoms with Crippen molar-refractivity contribution in [1.29, 1.82) is 0 Å². The summed E-state index contributed by atoms with van der Waals surface area (Å²) in [5.41, 5.74) is 3.93. The third kappa shape index (κ3) is 14.7. The van der Waals surface area contributed by atoms with Crippen molar-refractivity contribution >= 4 is 6.08 Å². The number of hydrogen-bond donors (Lipinski definition) is 2. The summed E-state index contributed by atoms with van der Waals surface area (Å²) in [6.07, 6.45) is 17.9. The normalized spacial score (nSPS) is 13.5. The minimum atomic E-state index is 0. The van der Waals surface area contributed by atoms with Crippen molar-refractivity contribution in [3.8, 4) is 0 Å². The van der Waals surface area contributed by atoms with Gasteiger partial charge in [-0.2, -0.15) is 0 Å². The molecular weight excluding hydrogens is 381 g/mol. The molecule has 27 heavy (non-hydrogen) atoms. The summed E-state index contributed by atoms with van der Waals surface area (Å²) in [7, 11) is 0. The zero-order valence-electron chi connectivity index (χ0n) is 15.1. The van der Waals surface area contributed by atoms with Crippen molar-refractivity contribution in [2.75, 3.05) is 0 Å². The molecule has 0 saturated heterocycles. The molecule has 2 N–H and O–H groups in total. The van der Waals surface area contributed by atoms with Crippen molar-refractivity contribution < 1.29 is 31.5 Å². The fraction of sp³-hybridized carbons (Fsp3) is 0.273. The predicted molar refractivity (Wildman–Crippen MR) is 101 cm³/mol. The molecule has 1 fully saturated rings. The van der Waals surface area contributed by atoms with E-state index in [1.807, 2.05) is 61.1 Å². The van der Waals surface area contributed by atoms with Gasteiger partial charge in [0.25, 0.3) is 0 Å². The van der Waals surface area contributed by atoms with E-state index in [0.717, 1.165) is 18.4 Å². The quantitative estimate of drug-likeness (QED) is 0.248. The van der Waals surface area contributed by atoms with Crippen LogP contribution in [0.15, 0.2) is 66.3 Å². The first-order valence-corrected chi connectivity index (χ1v) is 8.39. The first-order chi connectivity index (χ1) is 12.8. The Morgan fingerprint density at radius 3 is 2.00 bits per heavy atom. The third-order valence-corrected chi connectivity index (χ3v) is 3.68. The average Bonchev–Trinajstić information content (AvgIpc) is 3.31. The van der Waals surface area contributed by atoms with E-state index in [4.69, 9.17) is 9.30 Å². The fourth-order valence-electron chi connectivity index (χ4n) is 2.50. The summed E-state index contributed by atoms with van der Waals surface area (Å²) in [6.45, 7) is 9.00. The molecule has 0 bridgehead atoms. The van der Waals surface area contributed by atoms with Gasteiger partial charge < -0.3 is 10.4 Å². The van der Waals surface area contributed by atoms with E-state index in [9.17, 15) is 5.11 Å². The van der Waals surface area contributed by atoms with Crippen molar-refractivity contribution in [3.05, 3.63) is 91.5 Å². The van der Waals surface area contributed by atoms with E-state index < -0.39 is 0 Å². The van der Waals surface area contributed by atoms with Crippen LogP contribution in [-0.2, 0) is 26.4 Å². The number of allylic oxidation sites excluding steroid dienone is 4. The SMILES string of the molecule is OC(=C=Cc1ccccc1)NC1CCCCC1.[C-]#[O+].[C-]#[O+].[CH]1C=CC=C1.[Mn]. The average molecular weight is 405 g/mol. The van der Waals surface area contributed by atoms with Gasteiger partial charge in [-0.3, -0.25) is 0 Å². The van der Waals surface area contributed by atoms with Crippen molar-refractivity contribution in [2.24, 2.45) is 0 Å². The van der Waals surface area contributed by atoms with E-state index in [1.165, 1.54) is 19.3 Å². The molecule has 1 saturated carbocycles. The number of nitrogens with one attached hydrogen (secondary N) is 1. The topological polar surface area (TPSA) is 72.1 Å². The maximum atomic E-state index is 9.73. The number of rotatable bonds is 3. The van der Waals surface area contributed by atoms with Gasteiger partial charge in [-0.25, -0.2) is 0 Å². The number of aliphatic hydroxyl groups is 1. The second-order valence-corrected chi connectivity index (χ2v) is 5.49. The van der Waals surface area contributed by atoms with E-state index in [0.29, 0.717) is 6.04 Å². The van der Waals surface area contributed by atoms with Crippen LogP contribution in [0.5, 0.6) is 0 Å². The van der Waals surface area contributed by atoms with Crippen LogP contribution in [0.3, 0.4) is 0 Å². The number of benzene rings is 1. The van der Waals surface area contributed by atoms with Crippen LogP contribution in [0.1, 0.15) is 37.7 Å². The molecule has 4 nitrogen and oxygen atoms in total. The van der Waals surface area contributed by atoms with Gasteiger partial charge in [0.15, 0.2) is 0 Å². The summed E-state index contributed by atoms with van der Waals surface area (Å²) in [5, 5.41) is 12.8. The summed E-state index contributed by atoms with van der Waals surface area (Å²) >= 11 is 0. The van der Waals surface area contributed by atoms with Gasteiger partial charge in [-0.1, -0.05) is 79.6 Å². The molecule has 0 unspecified atom stereocenters. The van der Waals surface area contributed by atoms with E-state index in [-0.39, 0.29) is 23.0 Å². The molecule has 2 aliphatic rings. The molecule has 0 amide bonds. The van der Waals surface area contributed by atoms with Crippen LogP contribution in [0.4, 0.5) is 0 Å². The Labute approximate surface area is 172 Å². The first-order valence-electron chi connectivity index (χ1n) is 8.39. The molecule has 1 aromatic carbocycles. The minimum Gasteiger partial charge on any atom is -0.0767 e. The molecule has 142 valence electrons. The van der Waals surface area contributed by atoms with E-state index in [1.54, 1.807) is 6.08 Å². The molecule has 5 heteroatoms. The Morgan fingerprint density at radius 1 is 0.963 bits per heavy atom. The third-order valence-electron chi connectivity index (χ3n) is 3.68. The molecule has 0 heterocycles. The number of hydrogen-bond acceptors (Lipinski definition) is 2. The molecule has 0 aromatic heterocycles. The molecular formula is C22H24MnNO3. The molecule has 0 aliphatic heterocycles. The number of aliphatic hydroxyl groups excluding tert-OH is 1. The molecule has 2 radical (unpaired) electrons. The van der Waals surface area contributed by atoms with Crippen molar-refractivity contribution in [3.63, 3.8) is 0 Å². The van der Waals surface area contributed by atoms with Gasteiger partial charge in [-0.05, 0) is 24.5 Å². The Balaban J connectivity index is 0. The molecule has 3 rings (SSSR count). The standard InChI is InChI=1S/C15H19NO.C5H5.2CO.Mn/c17-15(16-14-9-5-2-6-10-14)12-11-13-7-3-1-4-8-13;1-2-4-5-3-1;2*1-2;/h1,3-4,7-8,11,14,16-17H,2,5-6,9-10H2;1-5H;;;. The van der Waals surface area contributed by atoms with Crippen LogP contribution in [-0.4, -0.2) is 11.1 Å². The zero-order chi connectivity index (χ0) is 19.5. The van der Waals surface area contributed by atoms with Gasteiger partial charge in [0, 0.05) is 29.5 Å². The van der Waals surface area contributed by atoms with Gasteiger partial charge >= 0.3 is 22.6 Å². The fourth-order valence-corrected chi connectivity index (χ4v) is 2.50. The van der Waals surface area contributed by atoms with Gasteiger partial charge in [0.1, 0.15) is 0 Å². The summed E-state index contributed by atoms with van der Waals surface area (Å²) in [4.78, 5) is 0. The van der Waals surface area contributed by atoms with E-state index in [2.05, 4.69) is 24.3 Å². The molecule has 2 aliphatic carbocycles. The van der Waals surface area contributed by atoms with Crippen molar-refractivity contribution in [2.45, 2.75) is 38.1 Å². The van der Waals surface area contributed by atoms with Crippen LogP contribution in [0.25, 0.3) is 6.08 Å². The second kappa shape index (κ2) is 20.1. The Morgan fingerprint density at radius 2 is 1.52 bits per heavy atom. The maximum absolute atomic E-state index is 9.73. The summed E-state index contributed by atoms with van der Waals surface area (Å²) in [5.74, 6) is 0.153. The predicted octanol–water partition coefficient (Wildman–Crippen LogP) is 4.86. The van der Waals surface area contributed by atoms with Gasteiger partial charge in [-0.15, -0.1) is 0 Å². The van der Waals surface area contributed by atoms with Gasteiger partial charge in [0.2, 0.25) is 5.88 Å². The zero-order valence-corrected chi connectivity index (χ0v) is 16.3. The first kappa shape index (κ1) is 27.0. The molecule has 1 aromatic rings. The molecule has 0 atom stereocenters. The summed E-state index contributed by atoms with van der Waals surface area (Å²) in [6, 6.07) is 10.3.